The molecule has 0 N–H and O–H groups in total. The van der Waals surface area contributed by atoms with Gasteiger partial charge in [-0.15, -0.1) is 0 Å². The predicted octanol–water partition coefficient (Wildman–Crippen LogP) is 4.02. The molecule has 1 saturated carbocycles. The monoisotopic (exact) mass is 210 g/mol. The van der Waals surface area contributed by atoms with E-state index in [1.165, 1.54) is 38.5 Å². The summed E-state index contributed by atoms with van der Waals surface area (Å²) in [5.74, 6) is 2.66. The number of ether oxygens (including phenoxy) is 1. The first kappa shape index (κ1) is 11.4. The number of hydrogen-bond donors (Lipinski definition) is 0. The van der Waals surface area contributed by atoms with Crippen molar-refractivity contribution in [1.82, 2.24) is 0 Å². The molecule has 3 rings (SSSR count). The Hall–Kier alpha value is -0.0400. The van der Waals surface area contributed by atoms with Gasteiger partial charge in [-0.25, -0.2) is 0 Å². The molecule has 1 heteroatoms. The van der Waals surface area contributed by atoms with Gasteiger partial charge in [-0.2, -0.15) is 0 Å². The molecule has 0 spiro atoms. The van der Waals surface area contributed by atoms with Crippen molar-refractivity contribution in [1.29, 1.82) is 0 Å². The Kier molecular flexibility index (Phi) is 3.71. The van der Waals surface area contributed by atoms with Crippen LogP contribution in [-0.4, -0.2) is 12.2 Å². The lowest BCUT2D eigenvalue weighted by Gasteiger charge is -2.47. The molecule has 2 saturated heterocycles. The highest BCUT2D eigenvalue weighted by molar-refractivity contribution is 4.89. The maximum Gasteiger partial charge on any atom is 0.0631 e. The van der Waals surface area contributed by atoms with Gasteiger partial charge >= 0.3 is 0 Å². The highest BCUT2D eigenvalue weighted by Crippen LogP contribution is 2.41. The topological polar surface area (TPSA) is 9.23 Å². The van der Waals surface area contributed by atoms with Crippen molar-refractivity contribution in [3.8, 4) is 0 Å². The molecule has 2 heterocycles. The first-order valence-electron chi connectivity index (χ1n) is 6.80. The van der Waals surface area contributed by atoms with Gasteiger partial charge in [-0.1, -0.05) is 27.2 Å². The van der Waals surface area contributed by atoms with Gasteiger partial charge in [-0.3, -0.25) is 0 Å². The van der Waals surface area contributed by atoms with Crippen LogP contribution in [0.5, 0.6) is 0 Å². The molecule has 4 atom stereocenters. The van der Waals surface area contributed by atoms with Crippen LogP contribution in [-0.2, 0) is 4.74 Å². The molecule has 15 heavy (non-hydrogen) atoms. The summed E-state index contributed by atoms with van der Waals surface area (Å²) in [5, 5.41) is 0. The molecule has 0 amide bonds. The molecular formula is C14H26O. The molecule has 0 aromatic carbocycles. The Morgan fingerprint density at radius 2 is 1.93 bits per heavy atom. The molecular weight excluding hydrogens is 184 g/mol. The first-order chi connectivity index (χ1) is 7.15. The second-order valence-electron chi connectivity index (χ2n) is 6.18. The summed E-state index contributed by atoms with van der Waals surface area (Å²) in [7, 11) is 0. The van der Waals surface area contributed by atoms with Crippen molar-refractivity contribution in [3.05, 3.63) is 0 Å². The van der Waals surface area contributed by atoms with Gasteiger partial charge in [0.1, 0.15) is 0 Å². The Balaban J connectivity index is 1.64. The van der Waals surface area contributed by atoms with E-state index >= 15 is 0 Å². The number of fused-ring (bicyclic) bond motifs is 2. The van der Waals surface area contributed by atoms with Crippen LogP contribution in [0, 0.1) is 17.8 Å². The van der Waals surface area contributed by atoms with E-state index in [4.69, 9.17) is 4.74 Å². The van der Waals surface area contributed by atoms with Crippen molar-refractivity contribution in [2.75, 3.05) is 0 Å². The molecule has 2 aliphatic heterocycles. The summed E-state index contributed by atoms with van der Waals surface area (Å²) in [5.41, 5.74) is 0. The van der Waals surface area contributed by atoms with Crippen LogP contribution in [0.25, 0.3) is 0 Å². The van der Waals surface area contributed by atoms with Gasteiger partial charge in [0.25, 0.3) is 0 Å². The van der Waals surface area contributed by atoms with E-state index in [1.54, 1.807) is 0 Å². The second kappa shape index (κ2) is 4.86. The summed E-state index contributed by atoms with van der Waals surface area (Å²) in [6.07, 6.45) is 9.64. The fraction of sp³-hybridized carbons (Fsp3) is 1.00. The molecule has 0 aromatic heterocycles. The SMILES string of the molecule is CC(C)CC(C)CCC1CCC2CC1O2. The molecule has 1 aliphatic carbocycles. The lowest BCUT2D eigenvalue weighted by atomic mass is 9.76. The van der Waals surface area contributed by atoms with Crippen LogP contribution in [0.15, 0.2) is 0 Å². The average molecular weight is 210 g/mol. The van der Waals surface area contributed by atoms with E-state index in [-0.39, 0.29) is 0 Å². The fourth-order valence-corrected chi connectivity index (χ4v) is 3.32. The minimum absolute atomic E-state index is 0.648. The minimum Gasteiger partial charge on any atom is -0.375 e. The van der Waals surface area contributed by atoms with Crippen LogP contribution >= 0.6 is 0 Å². The van der Waals surface area contributed by atoms with E-state index in [2.05, 4.69) is 20.8 Å². The average Bonchev–Trinajstić information content (AvgIpc) is 2.12. The van der Waals surface area contributed by atoms with E-state index < -0.39 is 0 Å². The molecule has 2 bridgehead atoms. The maximum absolute atomic E-state index is 5.80. The standard InChI is InChI=1S/C14H26O/c1-10(2)8-11(3)4-5-12-6-7-13-9-14(12)15-13/h10-14H,4-9H2,1-3H3. The smallest absolute Gasteiger partial charge is 0.0631 e. The van der Waals surface area contributed by atoms with Crippen LogP contribution in [0.3, 0.4) is 0 Å². The minimum atomic E-state index is 0.648. The first-order valence-corrected chi connectivity index (χ1v) is 6.80. The van der Waals surface area contributed by atoms with Crippen LogP contribution in [0.4, 0.5) is 0 Å². The zero-order chi connectivity index (χ0) is 10.8. The van der Waals surface area contributed by atoms with E-state index in [9.17, 15) is 0 Å². The summed E-state index contributed by atoms with van der Waals surface area (Å²) in [6.45, 7) is 7.07. The van der Waals surface area contributed by atoms with Crippen molar-refractivity contribution in [2.45, 2.75) is 71.5 Å². The third-order valence-electron chi connectivity index (χ3n) is 4.15. The van der Waals surface area contributed by atoms with Gasteiger partial charge < -0.3 is 4.74 Å². The summed E-state index contributed by atoms with van der Waals surface area (Å²) in [6, 6.07) is 0. The quantitative estimate of drug-likeness (QED) is 0.666. The van der Waals surface area contributed by atoms with Crippen LogP contribution in [0.2, 0.25) is 0 Å². The van der Waals surface area contributed by atoms with E-state index in [1.807, 2.05) is 0 Å². The van der Waals surface area contributed by atoms with Crippen molar-refractivity contribution in [2.24, 2.45) is 17.8 Å². The summed E-state index contributed by atoms with van der Waals surface area (Å²) >= 11 is 0. The molecule has 1 nitrogen and oxygen atoms in total. The predicted molar refractivity (Wildman–Crippen MR) is 63.9 cm³/mol. The normalized spacial score (nSPS) is 36.4. The highest BCUT2D eigenvalue weighted by Gasteiger charge is 2.40. The highest BCUT2D eigenvalue weighted by atomic mass is 16.5. The fourth-order valence-electron chi connectivity index (χ4n) is 3.32. The molecule has 4 unspecified atom stereocenters. The van der Waals surface area contributed by atoms with Crippen molar-refractivity contribution < 1.29 is 4.74 Å². The Bertz CT molecular complexity index is 191. The van der Waals surface area contributed by atoms with Gasteiger partial charge in [0.15, 0.2) is 0 Å². The zero-order valence-electron chi connectivity index (χ0n) is 10.5. The Morgan fingerprint density at radius 1 is 1.20 bits per heavy atom. The van der Waals surface area contributed by atoms with Crippen LogP contribution in [0.1, 0.15) is 59.3 Å². The number of hydrogen-bond acceptors (Lipinski definition) is 1. The summed E-state index contributed by atoms with van der Waals surface area (Å²) in [4.78, 5) is 0. The summed E-state index contributed by atoms with van der Waals surface area (Å²) < 4.78 is 5.80. The molecule has 3 fully saturated rings. The third-order valence-corrected chi connectivity index (χ3v) is 4.15. The van der Waals surface area contributed by atoms with E-state index in [0.29, 0.717) is 12.2 Å². The Labute approximate surface area is 94.6 Å². The van der Waals surface area contributed by atoms with Crippen molar-refractivity contribution >= 4 is 0 Å². The molecule has 0 aromatic rings. The second-order valence-corrected chi connectivity index (χ2v) is 6.18. The molecule has 88 valence electrons. The lowest BCUT2D eigenvalue weighted by Crippen LogP contribution is -2.47. The lowest BCUT2D eigenvalue weighted by molar-refractivity contribution is -0.186. The maximum atomic E-state index is 5.80. The zero-order valence-corrected chi connectivity index (χ0v) is 10.5. The number of rotatable bonds is 5. The van der Waals surface area contributed by atoms with Gasteiger partial charge in [-0.05, 0) is 43.4 Å². The van der Waals surface area contributed by atoms with Gasteiger partial charge in [0.05, 0.1) is 12.2 Å². The Morgan fingerprint density at radius 3 is 2.47 bits per heavy atom. The van der Waals surface area contributed by atoms with Gasteiger partial charge in [0.2, 0.25) is 0 Å². The van der Waals surface area contributed by atoms with Crippen molar-refractivity contribution in [3.63, 3.8) is 0 Å². The third kappa shape index (κ3) is 2.96. The molecule has 0 radical (unpaired) electrons. The van der Waals surface area contributed by atoms with E-state index in [0.717, 1.165) is 17.8 Å². The molecule has 3 aliphatic rings. The largest absolute Gasteiger partial charge is 0.375 e. The van der Waals surface area contributed by atoms with Gasteiger partial charge in [0, 0.05) is 6.42 Å². The van der Waals surface area contributed by atoms with Crippen LogP contribution < -0.4 is 0 Å².